The van der Waals surface area contributed by atoms with Crippen molar-refractivity contribution in [1.29, 1.82) is 0 Å². The van der Waals surface area contributed by atoms with Crippen molar-refractivity contribution in [2.45, 2.75) is 33.7 Å². The van der Waals surface area contributed by atoms with Crippen molar-refractivity contribution in [2.24, 2.45) is 17.8 Å². The van der Waals surface area contributed by atoms with Crippen molar-refractivity contribution in [3.05, 3.63) is 35.9 Å². The molecule has 1 aliphatic rings. The molecule has 1 aromatic rings. The molecule has 2 rings (SSSR count). The van der Waals surface area contributed by atoms with E-state index in [1.165, 1.54) is 25.1 Å². The normalized spacial score (nSPS) is 25.6. The van der Waals surface area contributed by atoms with Crippen molar-refractivity contribution < 1.29 is 0 Å². The first-order valence-corrected chi connectivity index (χ1v) is 6.91. The zero-order valence-electron chi connectivity index (χ0n) is 11.4. The summed E-state index contributed by atoms with van der Waals surface area (Å²) in [6.07, 6.45) is 1.38. The monoisotopic (exact) mass is 231 g/mol. The molecule has 1 saturated heterocycles. The second kappa shape index (κ2) is 5.68. The van der Waals surface area contributed by atoms with E-state index in [-0.39, 0.29) is 0 Å². The molecular weight excluding hydrogens is 206 g/mol. The summed E-state index contributed by atoms with van der Waals surface area (Å²) in [5.41, 5.74) is 1.45. The number of rotatable bonds is 4. The number of likely N-dealkylation sites (tertiary alicyclic amines) is 1. The predicted molar refractivity (Wildman–Crippen MR) is 73.8 cm³/mol. The van der Waals surface area contributed by atoms with Crippen LogP contribution in [0.5, 0.6) is 0 Å². The molecule has 2 atom stereocenters. The average Bonchev–Trinajstić information content (AvgIpc) is 2.59. The molecule has 0 spiro atoms. The Hall–Kier alpha value is -0.820. The minimum Gasteiger partial charge on any atom is -0.299 e. The Bertz CT molecular complexity index is 331. The first-order chi connectivity index (χ1) is 8.15. The molecule has 0 unspecified atom stereocenters. The Morgan fingerprint density at radius 2 is 1.88 bits per heavy atom. The van der Waals surface area contributed by atoms with Crippen molar-refractivity contribution in [3.8, 4) is 0 Å². The fourth-order valence-corrected chi connectivity index (χ4v) is 3.03. The summed E-state index contributed by atoms with van der Waals surface area (Å²) in [5.74, 6) is 2.60. The van der Waals surface area contributed by atoms with E-state index in [1.807, 2.05) is 0 Å². The van der Waals surface area contributed by atoms with Gasteiger partial charge in [-0.25, -0.2) is 0 Å². The number of benzene rings is 1. The summed E-state index contributed by atoms with van der Waals surface area (Å²) in [5, 5.41) is 0. The molecule has 0 N–H and O–H groups in total. The Kier molecular flexibility index (Phi) is 4.22. The van der Waals surface area contributed by atoms with E-state index in [4.69, 9.17) is 0 Å². The molecule has 1 aliphatic heterocycles. The third-order valence-corrected chi connectivity index (χ3v) is 3.87. The van der Waals surface area contributed by atoms with E-state index >= 15 is 0 Å². The van der Waals surface area contributed by atoms with Crippen LogP contribution in [0.25, 0.3) is 0 Å². The van der Waals surface area contributed by atoms with Gasteiger partial charge in [0.15, 0.2) is 0 Å². The highest BCUT2D eigenvalue weighted by Crippen LogP contribution is 2.29. The van der Waals surface area contributed by atoms with E-state index in [1.54, 1.807) is 0 Å². The van der Waals surface area contributed by atoms with Crippen LogP contribution in [0.15, 0.2) is 30.3 Å². The van der Waals surface area contributed by atoms with Crippen molar-refractivity contribution >= 4 is 0 Å². The molecule has 0 aromatic heterocycles. The summed E-state index contributed by atoms with van der Waals surface area (Å²) in [7, 11) is 0. The third kappa shape index (κ3) is 3.57. The number of hydrogen-bond acceptors (Lipinski definition) is 1. The number of nitrogens with zero attached hydrogens (tertiary/aromatic N) is 1. The van der Waals surface area contributed by atoms with E-state index in [9.17, 15) is 0 Å². The van der Waals surface area contributed by atoms with Crippen LogP contribution in [-0.4, -0.2) is 18.0 Å². The molecule has 0 radical (unpaired) electrons. The molecule has 0 saturated carbocycles. The minimum absolute atomic E-state index is 0.833. The summed E-state index contributed by atoms with van der Waals surface area (Å²) >= 11 is 0. The summed E-state index contributed by atoms with van der Waals surface area (Å²) in [6.45, 7) is 10.8. The first-order valence-electron chi connectivity index (χ1n) is 6.91. The lowest BCUT2D eigenvalue weighted by atomic mass is 9.89. The molecule has 1 heterocycles. The van der Waals surface area contributed by atoms with Crippen LogP contribution >= 0.6 is 0 Å². The Morgan fingerprint density at radius 1 is 1.18 bits per heavy atom. The van der Waals surface area contributed by atoms with Crippen LogP contribution in [0.3, 0.4) is 0 Å². The predicted octanol–water partition coefficient (Wildman–Crippen LogP) is 3.80. The van der Waals surface area contributed by atoms with Gasteiger partial charge < -0.3 is 0 Å². The highest BCUT2D eigenvalue weighted by molar-refractivity contribution is 5.14. The molecule has 1 nitrogen and oxygen atoms in total. The maximum absolute atomic E-state index is 2.62. The van der Waals surface area contributed by atoms with Gasteiger partial charge in [0.1, 0.15) is 0 Å². The lowest BCUT2D eigenvalue weighted by molar-refractivity contribution is 0.305. The van der Waals surface area contributed by atoms with E-state index < -0.39 is 0 Å². The van der Waals surface area contributed by atoms with Crippen LogP contribution in [0.4, 0.5) is 0 Å². The highest BCUT2D eigenvalue weighted by atomic mass is 15.1. The smallest absolute Gasteiger partial charge is 0.0233 e. The van der Waals surface area contributed by atoms with E-state index in [0.29, 0.717) is 0 Å². The molecule has 17 heavy (non-hydrogen) atoms. The van der Waals surface area contributed by atoms with Crippen LogP contribution in [-0.2, 0) is 6.54 Å². The lowest BCUT2D eigenvalue weighted by Crippen LogP contribution is -2.20. The van der Waals surface area contributed by atoms with Crippen molar-refractivity contribution in [2.75, 3.05) is 13.1 Å². The molecule has 1 heteroatoms. The second-order valence-electron chi connectivity index (χ2n) is 6.05. The second-order valence-corrected chi connectivity index (χ2v) is 6.05. The van der Waals surface area contributed by atoms with Gasteiger partial charge in [0.25, 0.3) is 0 Å². The molecule has 0 amide bonds. The van der Waals surface area contributed by atoms with Gasteiger partial charge in [-0.2, -0.15) is 0 Å². The van der Waals surface area contributed by atoms with E-state index in [2.05, 4.69) is 56.0 Å². The molecule has 1 aromatic carbocycles. The number of hydrogen-bond donors (Lipinski definition) is 0. The molecular formula is C16H25N. The zero-order valence-corrected chi connectivity index (χ0v) is 11.4. The largest absolute Gasteiger partial charge is 0.299 e. The van der Waals surface area contributed by atoms with Gasteiger partial charge in [-0.15, -0.1) is 0 Å². The van der Waals surface area contributed by atoms with Crippen molar-refractivity contribution in [1.82, 2.24) is 4.90 Å². The Labute approximate surface area is 106 Å². The van der Waals surface area contributed by atoms with Crippen LogP contribution in [0.2, 0.25) is 0 Å². The van der Waals surface area contributed by atoms with Gasteiger partial charge in [0, 0.05) is 19.6 Å². The van der Waals surface area contributed by atoms with Crippen LogP contribution in [0.1, 0.15) is 32.8 Å². The van der Waals surface area contributed by atoms with Gasteiger partial charge >= 0.3 is 0 Å². The molecule has 1 fully saturated rings. The van der Waals surface area contributed by atoms with Gasteiger partial charge in [-0.3, -0.25) is 4.90 Å². The standard InChI is InChI=1S/C16H25N/c1-13(2)9-16-12-17(10-14(16)3)11-15-7-5-4-6-8-15/h4-8,13-14,16H,9-12H2,1-3H3/t14-,16+/m0/s1. The van der Waals surface area contributed by atoms with Gasteiger partial charge in [-0.1, -0.05) is 51.1 Å². The van der Waals surface area contributed by atoms with Crippen LogP contribution in [0, 0.1) is 17.8 Å². The topological polar surface area (TPSA) is 3.24 Å². The fraction of sp³-hybridized carbons (Fsp3) is 0.625. The first kappa shape index (κ1) is 12.6. The summed E-state index contributed by atoms with van der Waals surface area (Å²) in [4.78, 5) is 2.62. The minimum atomic E-state index is 0.833. The molecule has 0 bridgehead atoms. The maximum Gasteiger partial charge on any atom is 0.0233 e. The molecule has 0 aliphatic carbocycles. The quantitative estimate of drug-likeness (QED) is 0.762. The van der Waals surface area contributed by atoms with Gasteiger partial charge in [-0.05, 0) is 29.7 Å². The average molecular weight is 231 g/mol. The van der Waals surface area contributed by atoms with Gasteiger partial charge in [0.2, 0.25) is 0 Å². The summed E-state index contributed by atoms with van der Waals surface area (Å²) < 4.78 is 0. The third-order valence-electron chi connectivity index (χ3n) is 3.87. The Balaban J connectivity index is 1.88. The van der Waals surface area contributed by atoms with Crippen molar-refractivity contribution in [3.63, 3.8) is 0 Å². The fourth-order valence-electron chi connectivity index (χ4n) is 3.03. The summed E-state index contributed by atoms with van der Waals surface area (Å²) in [6, 6.07) is 10.8. The SMILES string of the molecule is CC(C)C[C@@H]1CN(Cc2ccccc2)C[C@@H]1C. The van der Waals surface area contributed by atoms with E-state index in [0.717, 1.165) is 24.3 Å². The molecule has 94 valence electrons. The highest BCUT2D eigenvalue weighted by Gasteiger charge is 2.29. The maximum atomic E-state index is 2.62. The Morgan fingerprint density at radius 3 is 2.53 bits per heavy atom. The zero-order chi connectivity index (χ0) is 12.3. The van der Waals surface area contributed by atoms with Gasteiger partial charge in [0.05, 0.1) is 0 Å². The van der Waals surface area contributed by atoms with Crippen LogP contribution < -0.4 is 0 Å². The lowest BCUT2D eigenvalue weighted by Gasteiger charge is -2.17.